The fourth-order valence-corrected chi connectivity index (χ4v) is 1.93. The lowest BCUT2D eigenvalue weighted by Gasteiger charge is -2.03. The normalized spacial score (nSPS) is 10.8. The first kappa shape index (κ1) is 11.6. The molecule has 0 radical (unpaired) electrons. The molecule has 0 amide bonds. The summed E-state index contributed by atoms with van der Waals surface area (Å²) in [7, 11) is 0. The molecule has 2 N–H and O–H groups in total. The number of hydrogen-bond acceptors (Lipinski definition) is 4. The van der Waals surface area contributed by atoms with Gasteiger partial charge in [-0.2, -0.15) is 0 Å². The summed E-state index contributed by atoms with van der Waals surface area (Å²) in [6, 6.07) is 13.4. The summed E-state index contributed by atoms with van der Waals surface area (Å²) in [5, 5.41) is 0. The highest BCUT2D eigenvalue weighted by atomic mass is 16.5. The van der Waals surface area contributed by atoms with E-state index in [-0.39, 0.29) is 6.61 Å². The highest BCUT2D eigenvalue weighted by Crippen LogP contribution is 2.22. The number of aromatic nitrogens is 1. The summed E-state index contributed by atoms with van der Waals surface area (Å²) in [6.07, 6.45) is 0. The van der Waals surface area contributed by atoms with E-state index in [2.05, 4.69) is 4.98 Å². The standard InChI is InChI=1S/C15H14N2O2/c1-10-4-2-5-11(8-10)18-9-14-17-13-7-3-6-12(16)15(13)19-14/h2-8H,9,16H2,1H3. The average molecular weight is 254 g/mol. The Balaban J connectivity index is 1.80. The number of benzene rings is 2. The summed E-state index contributed by atoms with van der Waals surface area (Å²) >= 11 is 0. The van der Waals surface area contributed by atoms with Crippen molar-refractivity contribution in [3.05, 3.63) is 53.9 Å². The molecule has 4 nitrogen and oxygen atoms in total. The molecule has 0 aliphatic rings. The first-order chi connectivity index (χ1) is 9.22. The molecule has 0 aliphatic heterocycles. The van der Waals surface area contributed by atoms with E-state index >= 15 is 0 Å². The second-order valence-electron chi connectivity index (χ2n) is 4.41. The third-order valence-electron chi connectivity index (χ3n) is 2.84. The van der Waals surface area contributed by atoms with Crippen LogP contribution in [-0.4, -0.2) is 4.98 Å². The van der Waals surface area contributed by atoms with Gasteiger partial charge in [0, 0.05) is 0 Å². The number of nitrogens with zero attached hydrogens (tertiary/aromatic N) is 1. The van der Waals surface area contributed by atoms with Gasteiger partial charge >= 0.3 is 0 Å². The van der Waals surface area contributed by atoms with Crippen molar-refractivity contribution in [3.63, 3.8) is 0 Å². The molecule has 0 spiro atoms. The number of nitrogens with two attached hydrogens (primary N) is 1. The number of hydrogen-bond donors (Lipinski definition) is 1. The maximum atomic E-state index is 5.82. The zero-order chi connectivity index (χ0) is 13.2. The Morgan fingerprint density at radius 1 is 1.21 bits per heavy atom. The highest BCUT2D eigenvalue weighted by molar-refractivity contribution is 5.84. The number of rotatable bonds is 3. The topological polar surface area (TPSA) is 61.3 Å². The second-order valence-corrected chi connectivity index (χ2v) is 4.41. The molecule has 19 heavy (non-hydrogen) atoms. The Kier molecular flexibility index (Phi) is 2.83. The average Bonchev–Trinajstić information content (AvgIpc) is 2.81. The molecular formula is C15H14N2O2. The molecule has 3 aromatic rings. The van der Waals surface area contributed by atoms with Gasteiger partial charge in [-0.05, 0) is 36.8 Å². The van der Waals surface area contributed by atoms with Gasteiger partial charge in [0.1, 0.15) is 11.3 Å². The van der Waals surface area contributed by atoms with E-state index in [0.29, 0.717) is 17.2 Å². The Hall–Kier alpha value is -2.49. The van der Waals surface area contributed by atoms with Gasteiger partial charge in [0.25, 0.3) is 0 Å². The van der Waals surface area contributed by atoms with Crippen LogP contribution in [0.15, 0.2) is 46.9 Å². The minimum atomic E-state index is 0.289. The lowest BCUT2D eigenvalue weighted by Crippen LogP contribution is -1.95. The largest absolute Gasteiger partial charge is 0.484 e. The van der Waals surface area contributed by atoms with E-state index in [0.717, 1.165) is 16.8 Å². The zero-order valence-electron chi connectivity index (χ0n) is 10.6. The van der Waals surface area contributed by atoms with Crippen LogP contribution in [0, 0.1) is 6.92 Å². The number of fused-ring (bicyclic) bond motifs is 1. The highest BCUT2D eigenvalue weighted by Gasteiger charge is 2.08. The van der Waals surface area contributed by atoms with Crippen molar-refractivity contribution in [2.75, 3.05) is 5.73 Å². The van der Waals surface area contributed by atoms with Crippen molar-refractivity contribution >= 4 is 16.8 Å². The van der Waals surface area contributed by atoms with Crippen LogP contribution in [0.3, 0.4) is 0 Å². The van der Waals surface area contributed by atoms with Crippen molar-refractivity contribution in [1.29, 1.82) is 0 Å². The second kappa shape index (κ2) is 4.65. The van der Waals surface area contributed by atoms with Gasteiger partial charge in [0.05, 0.1) is 5.69 Å². The zero-order valence-corrected chi connectivity index (χ0v) is 10.6. The van der Waals surface area contributed by atoms with Crippen LogP contribution in [0.1, 0.15) is 11.5 Å². The number of oxazole rings is 1. The summed E-state index contributed by atoms with van der Waals surface area (Å²) in [5.41, 5.74) is 8.93. The number of anilines is 1. The van der Waals surface area contributed by atoms with Crippen molar-refractivity contribution in [2.45, 2.75) is 13.5 Å². The lowest BCUT2D eigenvalue weighted by atomic mass is 10.2. The number of ether oxygens (including phenoxy) is 1. The van der Waals surface area contributed by atoms with Crippen LogP contribution in [-0.2, 0) is 6.61 Å². The Morgan fingerprint density at radius 3 is 2.84 bits per heavy atom. The SMILES string of the molecule is Cc1cccc(OCc2nc3cccc(N)c3o2)c1. The van der Waals surface area contributed by atoms with Crippen LogP contribution in [0.2, 0.25) is 0 Å². The summed E-state index contributed by atoms with van der Waals surface area (Å²) < 4.78 is 11.2. The van der Waals surface area contributed by atoms with Gasteiger partial charge in [-0.25, -0.2) is 4.98 Å². The van der Waals surface area contributed by atoms with Crippen molar-refractivity contribution in [3.8, 4) is 5.75 Å². The predicted molar refractivity (Wildman–Crippen MR) is 73.9 cm³/mol. The van der Waals surface area contributed by atoms with Gasteiger partial charge < -0.3 is 14.9 Å². The molecule has 0 bridgehead atoms. The van der Waals surface area contributed by atoms with Crippen LogP contribution in [0.4, 0.5) is 5.69 Å². The van der Waals surface area contributed by atoms with Crippen molar-refractivity contribution in [2.24, 2.45) is 0 Å². The molecular weight excluding hydrogens is 240 g/mol. The van der Waals surface area contributed by atoms with Gasteiger partial charge in [0.2, 0.25) is 5.89 Å². The molecule has 2 aromatic carbocycles. The maximum absolute atomic E-state index is 5.82. The molecule has 4 heteroatoms. The first-order valence-electron chi connectivity index (χ1n) is 6.06. The summed E-state index contributed by atoms with van der Waals surface area (Å²) in [6.45, 7) is 2.31. The van der Waals surface area contributed by atoms with E-state index in [1.165, 1.54) is 0 Å². The maximum Gasteiger partial charge on any atom is 0.233 e. The lowest BCUT2D eigenvalue weighted by molar-refractivity contribution is 0.267. The third kappa shape index (κ3) is 2.38. The van der Waals surface area contributed by atoms with Gasteiger partial charge in [-0.3, -0.25) is 0 Å². The van der Waals surface area contributed by atoms with E-state index in [4.69, 9.17) is 14.9 Å². The third-order valence-corrected chi connectivity index (χ3v) is 2.84. The Bertz CT molecular complexity index is 719. The molecule has 3 rings (SSSR count). The molecule has 0 unspecified atom stereocenters. The van der Waals surface area contributed by atoms with Crippen LogP contribution >= 0.6 is 0 Å². The van der Waals surface area contributed by atoms with Crippen molar-refractivity contribution in [1.82, 2.24) is 4.98 Å². The molecule has 0 aliphatic carbocycles. The first-order valence-corrected chi connectivity index (χ1v) is 6.06. The smallest absolute Gasteiger partial charge is 0.233 e. The Morgan fingerprint density at radius 2 is 2.05 bits per heavy atom. The fourth-order valence-electron chi connectivity index (χ4n) is 1.93. The quantitative estimate of drug-likeness (QED) is 0.728. The summed E-state index contributed by atoms with van der Waals surface area (Å²) in [4.78, 5) is 4.34. The van der Waals surface area contributed by atoms with E-state index in [9.17, 15) is 0 Å². The monoisotopic (exact) mass is 254 g/mol. The molecule has 96 valence electrons. The molecule has 1 heterocycles. The van der Waals surface area contributed by atoms with Gasteiger partial charge in [0.15, 0.2) is 12.2 Å². The Labute approximate surface area is 110 Å². The van der Waals surface area contributed by atoms with Gasteiger partial charge in [-0.1, -0.05) is 18.2 Å². The minimum Gasteiger partial charge on any atom is -0.484 e. The van der Waals surface area contributed by atoms with Gasteiger partial charge in [-0.15, -0.1) is 0 Å². The number of para-hydroxylation sites is 1. The minimum absolute atomic E-state index is 0.289. The number of nitrogen functional groups attached to an aromatic ring is 1. The van der Waals surface area contributed by atoms with Crippen LogP contribution in [0.25, 0.3) is 11.1 Å². The van der Waals surface area contributed by atoms with Crippen molar-refractivity contribution < 1.29 is 9.15 Å². The van der Waals surface area contributed by atoms with E-state index < -0.39 is 0 Å². The molecule has 0 fully saturated rings. The molecule has 1 aromatic heterocycles. The molecule has 0 atom stereocenters. The van der Waals surface area contributed by atoms with Crippen LogP contribution < -0.4 is 10.5 Å². The van der Waals surface area contributed by atoms with Crippen LogP contribution in [0.5, 0.6) is 5.75 Å². The predicted octanol–water partition coefficient (Wildman–Crippen LogP) is 3.30. The number of aryl methyl sites for hydroxylation is 1. The molecule has 0 saturated carbocycles. The van der Waals surface area contributed by atoms with E-state index in [1.54, 1.807) is 6.07 Å². The fraction of sp³-hybridized carbons (Fsp3) is 0.133. The summed E-state index contributed by atoms with van der Waals surface area (Å²) in [5.74, 6) is 1.32. The van der Waals surface area contributed by atoms with E-state index in [1.807, 2.05) is 43.3 Å². The molecule has 0 saturated heterocycles.